The van der Waals surface area contributed by atoms with E-state index >= 15 is 0 Å². The van der Waals surface area contributed by atoms with E-state index in [9.17, 15) is 5.11 Å². The molecule has 3 N–H and O–H groups in total. The van der Waals surface area contributed by atoms with Crippen LogP contribution in [0.4, 0.5) is 0 Å². The van der Waals surface area contributed by atoms with Crippen LogP contribution in [0.25, 0.3) is 0 Å². The Morgan fingerprint density at radius 3 is 2.40 bits per heavy atom. The Bertz CT molecular complexity index is 341. The normalized spacial score (nSPS) is 21.6. The third-order valence-corrected chi connectivity index (χ3v) is 4.13. The quantitative estimate of drug-likeness (QED) is 0.597. The molecule has 1 aromatic carbocycles. The van der Waals surface area contributed by atoms with Crippen molar-refractivity contribution in [1.29, 1.82) is 0 Å². The number of hydrogen-bond acceptors (Lipinski definition) is 3. The lowest BCUT2D eigenvalue weighted by atomic mass is 10.1. The fraction of sp³-hybridized carbons (Fsp3) is 0.400. The van der Waals surface area contributed by atoms with Gasteiger partial charge in [0.05, 0.1) is 7.14 Å². The van der Waals surface area contributed by atoms with Gasteiger partial charge in [-0.2, -0.15) is 0 Å². The average molecular weight is 430 g/mol. The molecule has 0 saturated carbocycles. The minimum absolute atomic E-state index is 0.362. The highest BCUT2D eigenvalue weighted by molar-refractivity contribution is 14.1. The molecule has 0 spiro atoms. The first kappa shape index (κ1) is 11.9. The SMILES string of the molecule is Oc1c(I)cc([C@@H]2CNCCN2)cc1I. The summed E-state index contributed by atoms with van der Waals surface area (Å²) in [4.78, 5) is 0. The van der Waals surface area contributed by atoms with Gasteiger partial charge in [0.2, 0.25) is 0 Å². The van der Waals surface area contributed by atoms with Crippen molar-refractivity contribution in [3.05, 3.63) is 24.8 Å². The molecule has 82 valence electrons. The van der Waals surface area contributed by atoms with E-state index in [-0.39, 0.29) is 0 Å². The molecule has 0 bridgehead atoms. The van der Waals surface area contributed by atoms with E-state index in [1.54, 1.807) is 0 Å². The lowest BCUT2D eigenvalue weighted by Crippen LogP contribution is -2.42. The summed E-state index contributed by atoms with van der Waals surface area (Å²) in [7, 11) is 0. The number of piperazine rings is 1. The maximum atomic E-state index is 9.68. The monoisotopic (exact) mass is 430 g/mol. The van der Waals surface area contributed by atoms with Crippen molar-refractivity contribution in [3.8, 4) is 5.75 Å². The fourth-order valence-electron chi connectivity index (χ4n) is 1.68. The summed E-state index contributed by atoms with van der Waals surface area (Å²) < 4.78 is 1.84. The van der Waals surface area contributed by atoms with Crippen LogP contribution in [-0.4, -0.2) is 24.7 Å². The van der Waals surface area contributed by atoms with E-state index in [4.69, 9.17) is 0 Å². The molecular weight excluding hydrogens is 418 g/mol. The van der Waals surface area contributed by atoms with Gasteiger partial charge in [0.1, 0.15) is 5.75 Å². The van der Waals surface area contributed by atoms with Crippen LogP contribution in [0.15, 0.2) is 12.1 Å². The Hall–Kier alpha value is 0.400. The topological polar surface area (TPSA) is 44.3 Å². The van der Waals surface area contributed by atoms with Crippen LogP contribution in [0.2, 0.25) is 0 Å². The Kier molecular flexibility index (Phi) is 4.08. The van der Waals surface area contributed by atoms with Crippen molar-refractivity contribution in [2.75, 3.05) is 19.6 Å². The zero-order valence-electron chi connectivity index (χ0n) is 8.06. The molecule has 15 heavy (non-hydrogen) atoms. The van der Waals surface area contributed by atoms with Crippen LogP contribution >= 0.6 is 45.2 Å². The Morgan fingerprint density at radius 2 is 1.87 bits per heavy atom. The van der Waals surface area contributed by atoms with Crippen LogP contribution in [0.5, 0.6) is 5.75 Å². The molecule has 0 unspecified atom stereocenters. The van der Waals surface area contributed by atoms with Crippen LogP contribution in [0.1, 0.15) is 11.6 Å². The predicted octanol–water partition coefficient (Wildman–Crippen LogP) is 1.84. The number of benzene rings is 1. The predicted molar refractivity (Wildman–Crippen MR) is 77.2 cm³/mol. The fourth-order valence-corrected chi connectivity index (χ4v) is 3.49. The van der Waals surface area contributed by atoms with E-state index in [1.807, 2.05) is 12.1 Å². The second-order valence-corrected chi connectivity index (χ2v) is 5.87. The maximum absolute atomic E-state index is 9.68. The van der Waals surface area contributed by atoms with Gasteiger partial charge in [-0.25, -0.2) is 0 Å². The molecule has 1 aliphatic rings. The van der Waals surface area contributed by atoms with E-state index in [0.29, 0.717) is 11.8 Å². The molecule has 1 aromatic rings. The number of phenolic OH excluding ortho intramolecular Hbond substituents is 1. The zero-order valence-corrected chi connectivity index (χ0v) is 12.4. The Labute approximate surface area is 116 Å². The first-order valence-corrected chi connectivity index (χ1v) is 6.96. The lowest BCUT2D eigenvalue weighted by Gasteiger charge is -2.25. The van der Waals surface area contributed by atoms with E-state index < -0.39 is 0 Å². The van der Waals surface area contributed by atoms with Gasteiger partial charge in [0.25, 0.3) is 0 Å². The highest BCUT2D eigenvalue weighted by Gasteiger charge is 2.16. The molecule has 3 nitrogen and oxygen atoms in total. The lowest BCUT2D eigenvalue weighted by molar-refractivity contribution is 0.428. The molecule has 0 aromatic heterocycles. The number of aromatic hydroxyl groups is 1. The average Bonchev–Trinajstić information content (AvgIpc) is 2.26. The standard InChI is InChI=1S/C10H12I2N2O/c11-7-3-6(4-8(12)10(7)15)9-5-13-1-2-14-9/h3-4,9,13-15H,1-2,5H2/t9-/m0/s1. The minimum Gasteiger partial charge on any atom is -0.506 e. The zero-order chi connectivity index (χ0) is 10.8. The smallest absolute Gasteiger partial charge is 0.142 e. The third kappa shape index (κ3) is 2.75. The Morgan fingerprint density at radius 1 is 1.20 bits per heavy atom. The van der Waals surface area contributed by atoms with Crippen LogP contribution in [0.3, 0.4) is 0 Å². The van der Waals surface area contributed by atoms with E-state index in [0.717, 1.165) is 26.8 Å². The van der Waals surface area contributed by atoms with Gasteiger partial charge in [0, 0.05) is 25.7 Å². The minimum atomic E-state index is 0.362. The highest BCUT2D eigenvalue weighted by atomic mass is 127. The summed E-state index contributed by atoms with van der Waals surface area (Å²) in [5.41, 5.74) is 1.24. The highest BCUT2D eigenvalue weighted by Crippen LogP contribution is 2.29. The molecule has 1 atom stereocenters. The number of halogens is 2. The summed E-state index contributed by atoms with van der Waals surface area (Å²) in [6, 6.07) is 4.45. The molecule has 1 aliphatic heterocycles. The molecule has 1 heterocycles. The van der Waals surface area contributed by atoms with Crippen LogP contribution in [0, 0.1) is 7.14 Å². The Balaban J connectivity index is 2.27. The van der Waals surface area contributed by atoms with Gasteiger partial charge in [-0.3, -0.25) is 0 Å². The number of hydrogen-bond donors (Lipinski definition) is 3. The summed E-state index contributed by atoms with van der Waals surface area (Å²) in [5, 5.41) is 16.5. The molecule has 0 amide bonds. The van der Waals surface area contributed by atoms with Crippen LogP contribution < -0.4 is 10.6 Å². The molecule has 0 aliphatic carbocycles. The van der Waals surface area contributed by atoms with E-state index in [1.165, 1.54) is 5.56 Å². The summed E-state index contributed by atoms with van der Waals surface area (Å²) >= 11 is 4.34. The summed E-state index contributed by atoms with van der Waals surface area (Å²) in [5.74, 6) is 0.392. The van der Waals surface area contributed by atoms with Crippen molar-refractivity contribution in [1.82, 2.24) is 10.6 Å². The molecule has 1 fully saturated rings. The molecule has 5 heteroatoms. The van der Waals surface area contributed by atoms with Gasteiger partial charge >= 0.3 is 0 Å². The third-order valence-electron chi connectivity index (χ3n) is 2.48. The van der Waals surface area contributed by atoms with Crippen molar-refractivity contribution >= 4 is 45.2 Å². The van der Waals surface area contributed by atoms with Gasteiger partial charge in [-0.15, -0.1) is 0 Å². The summed E-state index contributed by atoms with van der Waals surface area (Å²) in [6.45, 7) is 2.98. The van der Waals surface area contributed by atoms with Crippen molar-refractivity contribution < 1.29 is 5.11 Å². The summed E-state index contributed by atoms with van der Waals surface area (Å²) in [6.07, 6.45) is 0. The van der Waals surface area contributed by atoms with Gasteiger partial charge < -0.3 is 15.7 Å². The van der Waals surface area contributed by atoms with Crippen LogP contribution in [-0.2, 0) is 0 Å². The molecule has 0 radical (unpaired) electrons. The molecule has 2 rings (SSSR count). The molecule has 1 saturated heterocycles. The van der Waals surface area contributed by atoms with Gasteiger partial charge in [0.15, 0.2) is 0 Å². The van der Waals surface area contributed by atoms with Gasteiger partial charge in [-0.05, 0) is 62.9 Å². The second kappa shape index (κ2) is 5.15. The van der Waals surface area contributed by atoms with Crippen molar-refractivity contribution in [2.24, 2.45) is 0 Å². The van der Waals surface area contributed by atoms with E-state index in [2.05, 4.69) is 55.8 Å². The first-order chi connectivity index (χ1) is 7.18. The van der Waals surface area contributed by atoms with Gasteiger partial charge in [-0.1, -0.05) is 0 Å². The maximum Gasteiger partial charge on any atom is 0.142 e. The second-order valence-electron chi connectivity index (χ2n) is 3.54. The van der Waals surface area contributed by atoms with Crippen molar-refractivity contribution in [2.45, 2.75) is 6.04 Å². The first-order valence-electron chi connectivity index (χ1n) is 4.80. The number of nitrogens with one attached hydrogen (secondary N) is 2. The number of phenols is 1. The molecular formula is C10H12I2N2O. The largest absolute Gasteiger partial charge is 0.506 e. The van der Waals surface area contributed by atoms with Crippen molar-refractivity contribution in [3.63, 3.8) is 0 Å². The number of rotatable bonds is 1.